The lowest BCUT2D eigenvalue weighted by Gasteiger charge is -2.18. The maximum absolute atomic E-state index is 6.83. The van der Waals surface area contributed by atoms with Crippen LogP contribution < -0.4 is 0 Å². The summed E-state index contributed by atoms with van der Waals surface area (Å²) in [5.41, 5.74) is 8.84. The van der Waals surface area contributed by atoms with Crippen LogP contribution in [0.3, 0.4) is 0 Å². The minimum Gasteiger partial charge on any atom is -0.455 e. The first kappa shape index (κ1) is 24.0. The highest BCUT2D eigenvalue weighted by Crippen LogP contribution is 2.49. The maximum Gasteiger partial charge on any atom is 0.143 e. The molecule has 0 radical (unpaired) electrons. The monoisotopic (exact) mass is 546 g/mol. The van der Waals surface area contributed by atoms with E-state index in [-0.39, 0.29) is 0 Å². The van der Waals surface area contributed by atoms with Gasteiger partial charge in [-0.3, -0.25) is 0 Å². The van der Waals surface area contributed by atoms with Crippen LogP contribution in [-0.2, 0) is 0 Å². The second-order valence-corrected chi connectivity index (χ2v) is 11.3. The van der Waals surface area contributed by atoms with Gasteiger partial charge in [-0.25, -0.2) is 0 Å². The van der Waals surface area contributed by atoms with Crippen molar-refractivity contribution >= 4 is 77.2 Å². The van der Waals surface area contributed by atoms with E-state index < -0.39 is 0 Å². The Labute approximate surface area is 248 Å². The topological polar surface area (TPSA) is 13.1 Å². The zero-order valence-corrected chi connectivity index (χ0v) is 23.5. The normalized spacial score (nSPS) is 11.9. The molecule has 0 atom stereocenters. The summed E-state index contributed by atoms with van der Waals surface area (Å²) >= 11 is 0. The molecule has 43 heavy (non-hydrogen) atoms. The molecule has 9 rings (SSSR count). The maximum atomic E-state index is 6.83. The minimum atomic E-state index is 0.897. The van der Waals surface area contributed by atoms with E-state index in [1.807, 2.05) is 12.2 Å². The Hall–Kier alpha value is -5.66. The van der Waals surface area contributed by atoms with Gasteiger partial charge in [-0.1, -0.05) is 135 Å². The van der Waals surface area contributed by atoms with Gasteiger partial charge in [-0.2, -0.15) is 0 Å². The Morgan fingerprint density at radius 3 is 1.95 bits per heavy atom. The third-order valence-corrected chi connectivity index (χ3v) is 9.12. The van der Waals surface area contributed by atoms with Gasteiger partial charge in [0.05, 0.1) is 0 Å². The van der Waals surface area contributed by atoms with Crippen LogP contribution in [0.1, 0.15) is 11.1 Å². The van der Waals surface area contributed by atoms with Gasteiger partial charge in [0, 0.05) is 27.1 Å². The fraction of sp³-hybridized carbons (Fsp3) is 0. The van der Waals surface area contributed by atoms with Crippen molar-refractivity contribution in [1.82, 2.24) is 0 Å². The van der Waals surface area contributed by atoms with Crippen LogP contribution in [0.25, 0.3) is 99.4 Å². The Bertz CT molecular complexity index is 2580. The number of hydrogen-bond donors (Lipinski definition) is 0. The first-order valence-corrected chi connectivity index (χ1v) is 14.7. The van der Waals surface area contributed by atoms with Gasteiger partial charge in [-0.15, -0.1) is 0 Å². The summed E-state index contributed by atoms with van der Waals surface area (Å²) in [5.74, 6) is 0. The molecule has 0 aliphatic rings. The highest BCUT2D eigenvalue weighted by Gasteiger charge is 2.23. The summed E-state index contributed by atoms with van der Waals surface area (Å²) in [7, 11) is 0. The number of benzene rings is 8. The van der Waals surface area contributed by atoms with Gasteiger partial charge in [-0.05, 0) is 72.3 Å². The third-order valence-electron chi connectivity index (χ3n) is 9.12. The number of fused-ring (bicyclic) bond motifs is 7. The largest absolute Gasteiger partial charge is 0.455 e. The first-order valence-electron chi connectivity index (χ1n) is 14.7. The summed E-state index contributed by atoms with van der Waals surface area (Å²) in [6.45, 7) is 8.06. The van der Waals surface area contributed by atoms with Crippen molar-refractivity contribution in [2.24, 2.45) is 0 Å². The fourth-order valence-electron chi connectivity index (χ4n) is 7.21. The average molecular weight is 547 g/mol. The molecule has 0 bridgehead atoms. The molecule has 0 unspecified atom stereocenters. The predicted octanol–water partition coefficient (Wildman–Crippen LogP) is 12.3. The summed E-state index contributed by atoms with van der Waals surface area (Å²) < 4.78 is 6.83. The zero-order valence-electron chi connectivity index (χ0n) is 23.5. The van der Waals surface area contributed by atoms with Crippen molar-refractivity contribution in [1.29, 1.82) is 0 Å². The van der Waals surface area contributed by atoms with Crippen LogP contribution in [0.5, 0.6) is 0 Å². The van der Waals surface area contributed by atoms with Crippen LogP contribution in [0.15, 0.2) is 139 Å². The quantitative estimate of drug-likeness (QED) is 0.200. The second kappa shape index (κ2) is 8.92. The molecule has 200 valence electrons. The molecule has 0 aliphatic heterocycles. The van der Waals surface area contributed by atoms with Crippen LogP contribution >= 0.6 is 0 Å². The molecule has 8 aromatic carbocycles. The smallest absolute Gasteiger partial charge is 0.143 e. The van der Waals surface area contributed by atoms with Gasteiger partial charge < -0.3 is 4.42 Å². The lowest BCUT2D eigenvalue weighted by Crippen LogP contribution is -1.91. The Balaban J connectivity index is 1.47. The third kappa shape index (κ3) is 3.28. The Morgan fingerprint density at radius 2 is 1.12 bits per heavy atom. The van der Waals surface area contributed by atoms with Gasteiger partial charge in [0.2, 0.25) is 0 Å². The number of furan rings is 1. The minimum absolute atomic E-state index is 0.897. The van der Waals surface area contributed by atoms with Gasteiger partial charge >= 0.3 is 0 Å². The Kier molecular flexibility index (Phi) is 4.97. The van der Waals surface area contributed by atoms with Gasteiger partial charge in [0.15, 0.2) is 0 Å². The van der Waals surface area contributed by atoms with Crippen molar-refractivity contribution < 1.29 is 4.42 Å². The van der Waals surface area contributed by atoms with E-state index in [2.05, 4.69) is 134 Å². The van der Waals surface area contributed by atoms with Crippen molar-refractivity contribution in [3.8, 4) is 22.3 Å². The summed E-state index contributed by atoms with van der Waals surface area (Å²) in [6, 6.07) is 43.9. The predicted molar refractivity (Wildman–Crippen MR) is 186 cm³/mol. The number of rotatable bonds is 4. The molecule has 9 aromatic rings. The molecule has 0 spiro atoms. The highest BCUT2D eigenvalue weighted by molar-refractivity contribution is 6.40. The van der Waals surface area contributed by atoms with E-state index in [0.29, 0.717) is 0 Å². The lowest BCUT2D eigenvalue weighted by molar-refractivity contribution is 0.672. The van der Waals surface area contributed by atoms with E-state index in [0.717, 1.165) is 33.1 Å². The molecule has 0 aliphatic carbocycles. The van der Waals surface area contributed by atoms with Crippen molar-refractivity contribution in [2.75, 3.05) is 0 Å². The van der Waals surface area contributed by atoms with Crippen molar-refractivity contribution in [3.05, 3.63) is 146 Å². The molecule has 0 amide bonds. The van der Waals surface area contributed by atoms with Crippen LogP contribution in [0, 0.1) is 0 Å². The van der Waals surface area contributed by atoms with E-state index in [4.69, 9.17) is 4.42 Å². The van der Waals surface area contributed by atoms with Crippen LogP contribution in [-0.4, -0.2) is 0 Å². The summed E-state index contributed by atoms with van der Waals surface area (Å²) in [4.78, 5) is 0. The van der Waals surface area contributed by atoms with Crippen molar-refractivity contribution in [2.45, 2.75) is 0 Å². The standard InChI is InChI=1S/C42H26O/c1-3-25-19-21-27(22-20-25)30-13-7-8-15-32(30)36-24-29-12-9-18-35-37(29)38-33(36)16-10-17-34(38)40-39-31-14-6-5-11-28(31)23-26(4-2)41(39)43-42(35)40/h3-24H,1-2H2. The number of hydrogen-bond acceptors (Lipinski definition) is 1. The van der Waals surface area contributed by atoms with Gasteiger partial charge in [0.1, 0.15) is 11.2 Å². The van der Waals surface area contributed by atoms with Gasteiger partial charge in [0.25, 0.3) is 0 Å². The molecule has 0 saturated heterocycles. The lowest BCUT2D eigenvalue weighted by atomic mass is 9.85. The van der Waals surface area contributed by atoms with Crippen LogP contribution in [0.4, 0.5) is 0 Å². The molecule has 1 heteroatoms. The fourth-order valence-corrected chi connectivity index (χ4v) is 7.21. The molecular weight excluding hydrogens is 520 g/mol. The van der Waals surface area contributed by atoms with E-state index in [1.165, 1.54) is 65.3 Å². The van der Waals surface area contributed by atoms with E-state index in [9.17, 15) is 0 Å². The average Bonchev–Trinajstić information content (AvgIpc) is 3.49. The first-order chi connectivity index (χ1) is 21.2. The van der Waals surface area contributed by atoms with E-state index in [1.54, 1.807) is 0 Å². The van der Waals surface area contributed by atoms with Crippen molar-refractivity contribution in [3.63, 3.8) is 0 Å². The highest BCUT2D eigenvalue weighted by atomic mass is 16.3. The SMILES string of the molecule is C=Cc1ccc(-c2ccccc2-c2cc3cccc4c5oc6c(C=C)cc7ccccc7c6c5c5cccc2c5c34)cc1. The van der Waals surface area contributed by atoms with Crippen LogP contribution in [0.2, 0.25) is 0 Å². The molecule has 0 N–H and O–H groups in total. The van der Waals surface area contributed by atoms with E-state index >= 15 is 0 Å². The molecule has 1 heterocycles. The zero-order chi connectivity index (χ0) is 28.7. The molecule has 1 aromatic heterocycles. The summed E-state index contributed by atoms with van der Waals surface area (Å²) in [5, 5.41) is 12.1. The summed E-state index contributed by atoms with van der Waals surface area (Å²) in [6.07, 6.45) is 3.80. The molecule has 1 nitrogen and oxygen atoms in total. The Morgan fingerprint density at radius 1 is 0.442 bits per heavy atom. The second-order valence-electron chi connectivity index (χ2n) is 11.3. The molecular formula is C42H26O. The molecule has 0 saturated carbocycles. The molecule has 0 fully saturated rings.